The van der Waals surface area contributed by atoms with Crippen molar-refractivity contribution >= 4 is 21.6 Å². The highest BCUT2D eigenvalue weighted by Crippen LogP contribution is 2.25. The van der Waals surface area contributed by atoms with Gasteiger partial charge in [0.25, 0.3) is 0 Å². The molecule has 2 nitrogen and oxygen atoms in total. The van der Waals surface area contributed by atoms with Crippen molar-refractivity contribution in [1.82, 2.24) is 0 Å². The average molecular weight is 299 g/mol. The summed E-state index contributed by atoms with van der Waals surface area (Å²) in [5, 5.41) is 3.55. The Morgan fingerprint density at radius 3 is 2.71 bits per heavy atom. The predicted octanol–water partition coefficient (Wildman–Crippen LogP) is 3.93. The fraction of sp³-hybridized carbons (Fsp3) is 0.571. The minimum atomic E-state index is 0.341. The van der Waals surface area contributed by atoms with Crippen LogP contribution in [0.15, 0.2) is 22.7 Å². The summed E-state index contributed by atoms with van der Waals surface area (Å²) in [6.45, 7) is 7.25. The molecule has 1 rings (SSSR count). The Hall–Kier alpha value is -0.540. The van der Waals surface area contributed by atoms with Crippen LogP contribution in [0.3, 0.4) is 0 Å². The van der Waals surface area contributed by atoms with Crippen LogP contribution in [0, 0.1) is 12.8 Å². The Morgan fingerprint density at radius 1 is 1.41 bits per heavy atom. The lowest BCUT2D eigenvalue weighted by Gasteiger charge is -2.25. The summed E-state index contributed by atoms with van der Waals surface area (Å²) >= 11 is 3.57. The normalized spacial score (nSPS) is 14.4. The van der Waals surface area contributed by atoms with E-state index in [-0.39, 0.29) is 0 Å². The van der Waals surface area contributed by atoms with Gasteiger partial charge >= 0.3 is 0 Å². The molecule has 0 spiro atoms. The predicted molar refractivity (Wildman–Crippen MR) is 79.4 cm³/mol. The maximum Gasteiger partial charge on any atom is 0.0489 e. The molecule has 17 heavy (non-hydrogen) atoms. The van der Waals surface area contributed by atoms with E-state index in [9.17, 15) is 0 Å². The molecule has 0 amide bonds. The lowest BCUT2D eigenvalue weighted by atomic mass is 9.96. The van der Waals surface area contributed by atoms with Crippen molar-refractivity contribution in [2.75, 3.05) is 11.9 Å². The molecule has 2 unspecified atom stereocenters. The number of anilines is 1. The number of hydrogen-bond donors (Lipinski definition) is 2. The molecular formula is C14H23BrN2. The first-order chi connectivity index (χ1) is 8.08. The molecule has 0 aliphatic heterocycles. The molecule has 0 aromatic heterocycles. The highest BCUT2D eigenvalue weighted by molar-refractivity contribution is 9.10. The monoisotopic (exact) mass is 298 g/mol. The second-order valence-electron chi connectivity index (χ2n) is 4.74. The molecule has 0 bridgehead atoms. The Morgan fingerprint density at radius 2 is 2.12 bits per heavy atom. The number of benzene rings is 1. The molecule has 3 N–H and O–H groups in total. The average Bonchev–Trinajstić information content (AvgIpc) is 2.30. The minimum absolute atomic E-state index is 0.341. The van der Waals surface area contributed by atoms with Crippen LogP contribution in [0.5, 0.6) is 0 Å². The molecular weight excluding hydrogens is 276 g/mol. The Bertz CT molecular complexity index is 352. The zero-order valence-corrected chi connectivity index (χ0v) is 12.5. The van der Waals surface area contributed by atoms with Gasteiger partial charge in [-0.05, 0) is 52.9 Å². The molecule has 0 aliphatic rings. The first-order valence-electron chi connectivity index (χ1n) is 6.31. The largest absolute Gasteiger partial charge is 0.380 e. The van der Waals surface area contributed by atoms with Crippen LogP contribution in [-0.2, 0) is 0 Å². The zero-order chi connectivity index (χ0) is 12.8. The quantitative estimate of drug-likeness (QED) is 0.835. The van der Waals surface area contributed by atoms with Crippen molar-refractivity contribution in [3.05, 3.63) is 28.2 Å². The summed E-state index contributed by atoms with van der Waals surface area (Å²) in [7, 11) is 0. The van der Waals surface area contributed by atoms with Crippen LogP contribution in [0.2, 0.25) is 0 Å². The molecule has 2 atom stereocenters. The van der Waals surface area contributed by atoms with Crippen LogP contribution in [0.25, 0.3) is 0 Å². The van der Waals surface area contributed by atoms with Crippen molar-refractivity contribution < 1.29 is 0 Å². The Kier molecular flexibility index (Phi) is 6.00. The van der Waals surface area contributed by atoms with E-state index in [2.05, 4.69) is 60.2 Å². The molecule has 0 saturated carbocycles. The second-order valence-corrected chi connectivity index (χ2v) is 5.59. The molecule has 0 heterocycles. The number of aryl methyl sites for hydroxylation is 1. The molecule has 0 fully saturated rings. The van der Waals surface area contributed by atoms with Gasteiger partial charge in [-0.3, -0.25) is 0 Å². The van der Waals surface area contributed by atoms with E-state index in [0.717, 1.165) is 10.2 Å². The minimum Gasteiger partial charge on any atom is -0.380 e. The lowest BCUT2D eigenvalue weighted by molar-refractivity contribution is 0.450. The maximum absolute atomic E-state index is 5.86. The van der Waals surface area contributed by atoms with Crippen LogP contribution in [0.4, 0.5) is 5.69 Å². The molecule has 96 valence electrons. The van der Waals surface area contributed by atoms with Crippen LogP contribution in [0.1, 0.15) is 32.3 Å². The third-order valence-corrected chi connectivity index (χ3v) is 3.84. The summed E-state index contributed by atoms with van der Waals surface area (Å²) in [5.74, 6) is 0.595. The summed E-state index contributed by atoms with van der Waals surface area (Å²) in [4.78, 5) is 0. The standard InChI is InChI=1S/C14H23BrN2/c1-4-5-11(3)14(9-16)17-13-8-10(2)6-7-12(13)15/h6-8,11,14,17H,4-5,9,16H2,1-3H3. The van der Waals surface area contributed by atoms with Crippen molar-refractivity contribution in [2.45, 2.75) is 39.7 Å². The van der Waals surface area contributed by atoms with E-state index in [1.165, 1.54) is 18.4 Å². The van der Waals surface area contributed by atoms with Gasteiger partial charge in [-0.25, -0.2) is 0 Å². The third kappa shape index (κ3) is 4.32. The third-order valence-electron chi connectivity index (χ3n) is 3.15. The van der Waals surface area contributed by atoms with Crippen molar-refractivity contribution in [3.63, 3.8) is 0 Å². The Balaban J connectivity index is 2.76. The van der Waals surface area contributed by atoms with E-state index in [1.807, 2.05) is 0 Å². The summed E-state index contributed by atoms with van der Waals surface area (Å²) in [6, 6.07) is 6.68. The van der Waals surface area contributed by atoms with Crippen molar-refractivity contribution in [2.24, 2.45) is 11.7 Å². The van der Waals surface area contributed by atoms with Crippen molar-refractivity contribution in [1.29, 1.82) is 0 Å². The zero-order valence-electron chi connectivity index (χ0n) is 11.0. The fourth-order valence-corrected chi connectivity index (χ4v) is 2.40. The van der Waals surface area contributed by atoms with E-state index >= 15 is 0 Å². The molecule has 1 aromatic rings. The number of halogens is 1. The molecule has 3 heteroatoms. The van der Waals surface area contributed by atoms with Crippen LogP contribution >= 0.6 is 15.9 Å². The first kappa shape index (κ1) is 14.5. The topological polar surface area (TPSA) is 38.0 Å². The smallest absolute Gasteiger partial charge is 0.0489 e. The highest BCUT2D eigenvalue weighted by atomic mass is 79.9. The van der Waals surface area contributed by atoms with E-state index in [0.29, 0.717) is 18.5 Å². The van der Waals surface area contributed by atoms with Gasteiger partial charge in [-0.2, -0.15) is 0 Å². The van der Waals surface area contributed by atoms with Crippen molar-refractivity contribution in [3.8, 4) is 0 Å². The molecule has 0 radical (unpaired) electrons. The van der Waals surface area contributed by atoms with Crippen LogP contribution in [-0.4, -0.2) is 12.6 Å². The number of nitrogens with two attached hydrogens (primary N) is 1. The van der Waals surface area contributed by atoms with Gasteiger partial charge in [0, 0.05) is 22.7 Å². The maximum atomic E-state index is 5.86. The van der Waals surface area contributed by atoms with Gasteiger partial charge in [-0.1, -0.05) is 26.3 Å². The number of rotatable bonds is 6. The Labute approximate surface area is 113 Å². The van der Waals surface area contributed by atoms with Gasteiger partial charge in [0.05, 0.1) is 0 Å². The number of hydrogen-bond acceptors (Lipinski definition) is 2. The highest BCUT2D eigenvalue weighted by Gasteiger charge is 2.15. The summed E-state index contributed by atoms with van der Waals surface area (Å²) < 4.78 is 1.10. The van der Waals surface area contributed by atoms with Gasteiger partial charge in [0.1, 0.15) is 0 Å². The SMILES string of the molecule is CCCC(C)C(CN)Nc1cc(C)ccc1Br. The second kappa shape index (κ2) is 7.02. The van der Waals surface area contributed by atoms with Gasteiger partial charge in [0.15, 0.2) is 0 Å². The van der Waals surface area contributed by atoms with Crippen LogP contribution < -0.4 is 11.1 Å². The fourth-order valence-electron chi connectivity index (χ4n) is 2.04. The molecule has 1 aromatic carbocycles. The summed E-state index contributed by atoms with van der Waals surface area (Å²) in [6.07, 6.45) is 2.41. The first-order valence-corrected chi connectivity index (χ1v) is 7.10. The lowest BCUT2D eigenvalue weighted by Crippen LogP contribution is -2.35. The molecule has 0 saturated heterocycles. The summed E-state index contributed by atoms with van der Waals surface area (Å²) in [5.41, 5.74) is 8.26. The van der Waals surface area contributed by atoms with E-state index in [4.69, 9.17) is 5.73 Å². The van der Waals surface area contributed by atoms with E-state index in [1.54, 1.807) is 0 Å². The van der Waals surface area contributed by atoms with Gasteiger partial charge < -0.3 is 11.1 Å². The van der Waals surface area contributed by atoms with E-state index < -0.39 is 0 Å². The van der Waals surface area contributed by atoms with Gasteiger partial charge in [0.2, 0.25) is 0 Å². The van der Waals surface area contributed by atoms with Gasteiger partial charge in [-0.15, -0.1) is 0 Å². The molecule has 0 aliphatic carbocycles. The number of nitrogens with one attached hydrogen (secondary N) is 1.